The van der Waals surface area contributed by atoms with E-state index in [1.54, 1.807) is 0 Å². The van der Waals surface area contributed by atoms with Crippen molar-refractivity contribution in [1.82, 2.24) is 4.98 Å². The van der Waals surface area contributed by atoms with Crippen LogP contribution in [0.5, 0.6) is 0 Å². The van der Waals surface area contributed by atoms with Crippen LogP contribution < -0.4 is 16.6 Å². The van der Waals surface area contributed by atoms with Crippen molar-refractivity contribution < 1.29 is 4.92 Å². The fourth-order valence-electron chi connectivity index (χ4n) is 1.88. The molecule has 0 saturated carbocycles. The van der Waals surface area contributed by atoms with Gasteiger partial charge in [0.05, 0.1) is 4.92 Å². The fourth-order valence-corrected chi connectivity index (χ4v) is 1.88. The number of benzene rings is 1. The Labute approximate surface area is 122 Å². The van der Waals surface area contributed by atoms with Crippen LogP contribution in [0.25, 0.3) is 0 Å². The van der Waals surface area contributed by atoms with E-state index in [0.29, 0.717) is 11.7 Å². The Bertz CT molecular complexity index is 658. The van der Waals surface area contributed by atoms with E-state index in [1.807, 2.05) is 24.3 Å². The Balaban J connectivity index is 2.38. The summed E-state index contributed by atoms with van der Waals surface area (Å²) in [6.45, 7) is 4.16. The molecular formula is C14H17N5O2. The number of pyridine rings is 1. The number of anilines is 3. The molecule has 0 aliphatic heterocycles. The van der Waals surface area contributed by atoms with Gasteiger partial charge in [-0.15, -0.1) is 0 Å². The first kappa shape index (κ1) is 14.7. The molecule has 1 heterocycles. The molecule has 0 radical (unpaired) electrons. The minimum absolute atomic E-state index is 0.107. The lowest BCUT2D eigenvalue weighted by atomic mass is 10.0. The third kappa shape index (κ3) is 3.46. The standard InChI is InChI=1S/C14H17N5O2/c1-9(2)10-4-3-5-11(8-10)16-14-12(19(20)21)6-7-13(17-14)18-15/h3-9H,15H2,1-2H3,(H2,16,17,18). The van der Waals surface area contributed by atoms with E-state index in [2.05, 4.69) is 29.6 Å². The fraction of sp³-hybridized carbons (Fsp3) is 0.214. The molecule has 0 saturated heterocycles. The van der Waals surface area contributed by atoms with Gasteiger partial charge < -0.3 is 10.7 Å². The summed E-state index contributed by atoms with van der Waals surface area (Å²) in [5, 5.41) is 14.0. The Morgan fingerprint density at radius 2 is 2.05 bits per heavy atom. The van der Waals surface area contributed by atoms with Crippen LogP contribution in [0.4, 0.5) is 23.0 Å². The van der Waals surface area contributed by atoms with Crippen LogP contribution in [-0.4, -0.2) is 9.91 Å². The number of aromatic nitrogens is 1. The summed E-state index contributed by atoms with van der Waals surface area (Å²) in [5.41, 5.74) is 4.14. The molecule has 0 unspecified atom stereocenters. The van der Waals surface area contributed by atoms with Crippen molar-refractivity contribution in [3.8, 4) is 0 Å². The molecule has 0 aliphatic carbocycles. The van der Waals surface area contributed by atoms with Gasteiger partial charge in [-0.1, -0.05) is 26.0 Å². The van der Waals surface area contributed by atoms with E-state index in [0.717, 1.165) is 11.3 Å². The molecule has 0 amide bonds. The van der Waals surface area contributed by atoms with Crippen LogP contribution in [-0.2, 0) is 0 Å². The summed E-state index contributed by atoms with van der Waals surface area (Å²) in [6, 6.07) is 10.5. The van der Waals surface area contributed by atoms with Crippen molar-refractivity contribution in [2.75, 3.05) is 10.7 Å². The summed E-state index contributed by atoms with van der Waals surface area (Å²) in [6.07, 6.45) is 0. The summed E-state index contributed by atoms with van der Waals surface area (Å²) < 4.78 is 0. The number of nitro groups is 1. The summed E-state index contributed by atoms with van der Waals surface area (Å²) in [7, 11) is 0. The van der Waals surface area contributed by atoms with Crippen molar-refractivity contribution in [3.63, 3.8) is 0 Å². The second kappa shape index (κ2) is 6.19. The first-order chi connectivity index (χ1) is 10.0. The van der Waals surface area contributed by atoms with Crippen molar-refractivity contribution in [1.29, 1.82) is 0 Å². The van der Waals surface area contributed by atoms with E-state index in [4.69, 9.17) is 5.84 Å². The number of hydrogen-bond donors (Lipinski definition) is 3. The summed E-state index contributed by atoms with van der Waals surface area (Å²) in [5.74, 6) is 6.16. The molecule has 2 rings (SSSR count). The Hall–Kier alpha value is -2.67. The molecule has 1 aromatic heterocycles. The molecule has 0 atom stereocenters. The predicted octanol–water partition coefficient (Wildman–Crippen LogP) is 3.14. The lowest BCUT2D eigenvalue weighted by Gasteiger charge is -2.11. The molecule has 4 N–H and O–H groups in total. The number of nitrogen functional groups attached to an aromatic ring is 1. The first-order valence-corrected chi connectivity index (χ1v) is 6.50. The average Bonchev–Trinajstić information content (AvgIpc) is 2.47. The normalized spacial score (nSPS) is 10.5. The molecule has 1 aromatic carbocycles. The highest BCUT2D eigenvalue weighted by Crippen LogP contribution is 2.28. The van der Waals surface area contributed by atoms with Crippen molar-refractivity contribution >= 4 is 23.0 Å². The lowest BCUT2D eigenvalue weighted by molar-refractivity contribution is -0.384. The second-order valence-corrected chi connectivity index (χ2v) is 4.87. The van der Waals surface area contributed by atoms with Crippen LogP contribution in [0, 0.1) is 10.1 Å². The van der Waals surface area contributed by atoms with Gasteiger partial charge in [0.1, 0.15) is 5.82 Å². The zero-order chi connectivity index (χ0) is 15.4. The van der Waals surface area contributed by atoms with E-state index in [1.165, 1.54) is 12.1 Å². The molecule has 0 aliphatic rings. The third-order valence-electron chi connectivity index (χ3n) is 3.03. The van der Waals surface area contributed by atoms with Crippen molar-refractivity contribution in [2.24, 2.45) is 5.84 Å². The molecule has 0 bridgehead atoms. The number of hydrazine groups is 1. The van der Waals surface area contributed by atoms with Gasteiger partial charge in [-0.2, -0.15) is 0 Å². The number of nitrogens with zero attached hydrogens (tertiary/aromatic N) is 2. The van der Waals surface area contributed by atoms with Crippen LogP contribution in [0.3, 0.4) is 0 Å². The van der Waals surface area contributed by atoms with Gasteiger partial charge in [0, 0.05) is 11.8 Å². The number of nitrogens with two attached hydrogens (primary N) is 1. The van der Waals surface area contributed by atoms with Crippen LogP contribution in [0.1, 0.15) is 25.3 Å². The molecule has 0 spiro atoms. The van der Waals surface area contributed by atoms with Gasteiger partial charge >= 0.3 is 5.69 Å². The van der Waals surface area contributed by atoms with Gasteiger partial charge in [-0.3, -0.25) is 10.1 Å². The van der Waals surface area contributed by atoms with Gasteiger partial charge in [0.2, 0.25) is 5.82 Å². The maximum atomic E-state index is 11.1. The second-order valence-electron chi connectivity index (χ2n) is 4.87. The van der Waals surface area contributed by atoms with Crippen LogP contribution in [0.2, 0.25) is 0 Å². The van der Waals surface area contributed by atoms with E-state index >= 15 is 0 Å². The first-order valence-electron chi connectivity index (χ1n) is 6.50. The maximum Gasteiger partial charge on any atom is 0.311 e. The predicted molar refractivity (Wildman–Crippen MR) is 82.5 cm³/mol. The Morgan fingerprint density at radius 3 is 2.67 bits per heavy atom. The minimum atomic E-state index is -0.484. The monoisotopic (exact) mass is 287 g/mol. The summed E-state index contributed by atoms with van der Waals surface area (Å²) in [4.78, 5) is 14.7. The van der Waals surface area contributed by atoms with E-state index in [-0.39, 0.29) is 11.5 Å². The highest BCUT2D eigenvalue weighted by atomic mass is 16.6. The minimum Gasteiger partial charge on any atom is -0.334 e. The average molecular weight is 287 g/mol. The molecular weight excluding hydrogens is 270 g/mol. The topological polar surface area (TPSA) is 106 Å². The lowest BCUT2D eigenvalue weighted by Crippen LogP contribution is -2.10. The Morgan fingerprint density at radius 1 is 1.29 bits per heavy atom. The molecule has 21 heavy (non-hydrogen) atoms. The molecule has 110 valence electrons. The van der Waals surface area contributed by atoms with E-state index in [9.17, 15) is 10.1 Å². The largest absolute Gasteiger partial charge is 0.334 e. The highest BCUT2D eigenvalue weighted by Gasteiger charge is 2.16. The van der Waals surface area contributed by atoms with Gasteiger partial charge in [0.15, 0.2) is 0 Å². The molecule has 7 nitrogen and oxygen atoms in total. The quantitative estimate of drug-likeness (QED) is 0.443. The SMILES string of the molecule is CC(C)c1cccc(Nc2nc(NN)ccc2[N+](=O)[O-])c1. The number of nitrogens with one attached hydrogen (secondary N) is 2. The van der Waals surface area contributed by atoms with Crippen molar-refractivity contribution in [3.05, 3.63) is 52.1 Å². The smallest absolute Gasteiger partial charge is 0.311 e. The van der Waals surface area contributed by atoms with E-state index < -0.39 is 4.92 Å². The summed E-state index contributed by atoms with van der Waals surface area (Å²) >= 11 is 0. The van der Waals surface area contributed by atoms with Gasteiger partial charge in [-0.25, -0.2) is 10.8 Å². The van der Waals surface area contributed by atoms with Gasteiger partial charge in [0.25, 0.3) is 0 Å². The third-order valence-corrected chi connectivity index (χ3v) is 3.03. The highest BCUT2D eigenvalue weighted by molar-refractivity contribution is 5.68. The zero-order valence-electron chi connectivity index (χ0n) is 11.8. The van der Waals surface area contributed by atoms with Crippen molar-refractivity contribution in [2.45, 2.75) is 19.8 Å². The van der Waals surface area contributed by atoms with Crippen LogP contribution in [0.15, 0.2) is 36.4 Å². The molecule has 0 fully saturated rings. The Kier molecular flexibility index (Phi) is 4.34. The maximum absolute atomic E-state index is 11.1. The molecule has 2 aromatic rings. The van der Waals surface area contributed by atoms with Crippen LogP contribution >= 0.6 is 0 Å². The van der Waals surface area contributed by atoms with Gasteiger partial charge in [-0.05, 0) is 29.7 Å². The molecule has 7 heteroatoms. The number of hydrogen-bond acceptors (Lipinski definition) is 6. The zero-order valence-corrected chi connectivity index (χ0v) is 11.8. The number of rotatable bonds is 5.